The Labute approximate surface area is 114 Å². The molecule has 1 atom stereocenters. The number of rotatable bonds is 5. The fourth-order valence-electron chi connectivity index (χ4n) is 1.98. The van der Waals surface area contributed by atoms with Crippen LogP contribution in [0.3, 0.4) is 0 Å². The number of aliphatic hydroxyl groups excluding tert-OH is 1. The zero-order valence-electron chi connectivity index (χ0n) is 12.5. The predicted octanol–water partition coefficient (Wildman–Crippen LogP) is 1.82. The lowest BCUT2D eigenvalue weighted by molar-refractivity contribution is 0.259. The molecule has 0 aliphatic rings. The Hall–Kier alpha value is -1.36. The van der Waals surface area contributed by atoms with Crippen molar-refractivity contribution in [3.8, 4) is 0 Å². The standard InChI is InChI=1S/C14H25N3O2/c1-10(2)8-11(9-18)16-12-13(19)17(7-6-15-12)14(3,4)5/h6-7,10-11,18H,8-9H2,1-5H3,(H,15,16). The summed E-state index contributed by atoms with van der Waals surface area (Å²) in [4.78, 5) is 16.4. The summed E-state index contributed by atoms with van der Waals surface area (Å²) < 4.78 is 1.64. The van der Waals surface area contributed by atoms with E-state index in [9.17, 15) is 9.90 Å². The van der Waals surface area contributed by atoms with Crippen LogP contribution in [0, 0.1) is 5.92 Å². The quantitative estimate of drug-likeness (QED) is 0.854. The van der Waals surface area contributed by atoms with Gasteiger partial charge >= 0.3 is 0 Å². The van der Waals surface area contributed by atoms with Crippen LogP contribution in [0.1, 0.15) is 41.0 Å². The second-order valence-electron chi connectivity index (χ2n) is 6.28. The smallest absolute Gasteiger partial charge is 0.293 e. The topological polar surface area (TPSA) is 67.2 Å². The molecular weight excluding hydrogens is 242 g/mol. The first-order chi connectivity index (χ1) is 8.75. The average Bonchev–Trinajstić information content (AvgIpc) is 2.28. The van der Waals surface area contributed by atoms with Crippen molar-refractivity contribution in [1.82, 2.24) is 9.55 Å². The van der Waals surface area contributed by atoms with Crippen molar-refractivity contribution in [3.05, 3.63) is 22.7 Å². The highest BCUT2D eigenvalue weighted by molar-refractivity contribution is 5.32. The zero-order chi connectivity index (χ0) is 14.6. The molecule has 1 aromatic heterocycles. The second-order valence-corrected chi connectivity index (χ2v) is 6.28. The molecule has 1 heterocycles. The van der Waals surface area contributed by atoms with Crippen LogP contribution in [-0.2, 0) is 5.54 Å². The number of anilines is 1. The minimum Gasteiger partial charge on any atom is -0.394 e. The van der Waals surface area contributed by atoms with Gasteiger partial charge in [-0.15, -0.1) is 0 Å². The van der Waals surface area contributed by atoms with Crippen LogP contribution in [0.5, 0.6) is 0 Å². The summed E-state index contributed by atoms with van der Waals surface area (Å²) in [6.07, 6.45) is 4.09. The molecule has 5 nitrogen and oxygen atoms in total. The SMILES string of the molecule is CC(C)CC(CO)Nc1nccn(C(C)(C)C)c1=O. The summed E-state index contributed by atoms with van der Waals surface area (Å²) in [5.74, 6) is 0.746. The summed E-state index contributed by atoms with van der Waals surface area (Å²) in [7, 11) is 0. The lowest BCUT2D eigenvalue weighted by atomic mass is 10.0. The van der Waals surface area contributed by atoms with Crippen molar-refractivity contribution in [2.24, 2.45) is 5.92 Å². The van der Waals surface area contributed by atoms with Crippen LogP contribution in [0.15, 0.2) is 17.2 Å². The predicted molar refractivity (Wildman–Crippen MR) is 77.4 cm³/mol. The van der Waals surface area contributed by atoms with Gasteiger partial charge in [0.05, 0.1) is 12.6 Å². The Morgan fingerprint density at radius 3 is 2.53 bits per heavy atom. The van der Waals surface area contributed by atoms with E-state index in [1.165, 1.54) is 0 Å². The number of aromatic nitrogens is 2. The Morgan fingerprint density at radius 1 is 1.42 bits per heavy atom. The van der Waals surface area contributed by atoms with E-state index in [0.29, 0.717) is 11.7 Å². The molecule has 0 bridgehead atoms. The molecule has 2 N–H and O–H groups in total. The molecule has 1 unspecified atom stereocenters. The number of aliphatic hydroxyl groups is 1. The van der Waals surface area contributed by atoms with Gasteiger partial charge < -0.3 is 15.0 Å². The van der Waals surface area contributed by atoms with Gasteiger partial charge in [-0.25, -0.2) is 4.98 Å². The highest BCUT2D eigenvalue weighted by Gasteiger charge is 2.18. The average molecular weight is 267 g/mol. The Morgan fingerprint density at radius 2 is 2.05 bits per heavy atom. The van der Waals surface area contributed by atoms with Gasteiger partial charge in [0.15, 0.2) is 5.82 Å². The highest BCUT2D eigenvalue weighted by Crippen LogP contribution is 2.12. The van der Waals surface area contributed by atoms with E-state index in [1.807, 2.05) is 20.8 Å². The van der Waals surface area contributed by atoms with E-state index in [-0.39, 0.29) is 23.7 Å². The van der Waals surface area contributed by atoms with E-state index in [0.717, 1.165) is 6.42 Å². The molecular formula is C14H25N3O2. The molecule has 0 aromatic carbocycles. The Bertz CT molecular complexity index is 460. The van der Waals surface area contributed by atoms with Gasteiger partial charge in [0.2, 0.25) is 0 Å². The van der Waals surface area contributed by atoms with Crippen molar-refractivity contribution in [1.29, 1.82) is 0 Å². The fraction of sp³-hybridized carbons (Fsp3) is 0.714. The Balaban J connectivity index is 2.99. The second kappa shape index (κ2) is 6.19. The molecule has 5 heteroatoms. The minimum atomic E-state index is -0.288. The van der Waals surface area contributed by atoms with Gasteiger partial charge in [-0.1, -0.05) is 13.8 Å². The molecule has 0 saturated heterocycles. The van der Waals surface area contributed by atoms with Crippen LogP contribution in [0.4, 0.5) is 5.82 Å². The molecule has 0 aliphatic carbocycles. The van der Waals surface area contributed by atoms with Gasteiger partial charge in [-0.2, -0.15) is 0 Å². The van der Waals surface area contributed by atoms with Gasteiger partial charge in [-0.3, -0.25) is 4.79 Å². The lowest BCUT2D eigenvalue weighted by Crippen LogP contribution is -2.37. The summed E-state index contributed by atoms with van der Waals surface area (Å²) in [5.41, 5.74) is -0.444. The highest BCUT2D eigenvalue weighted by atomic mass is 16.3. The third-order valence-corrected chi connectivity index (χ3v) is 2.88. The molecule has 0 saturated carbocycles. The molecule has 0 aliphatic heterocycles. The molecule has 108 valence electrons. The first-order valence-corrected chi connectivity index (χ1v) is 6.71. The maximum Gasteiger partial charge on any atom is 0.293 e. The summed E-state index contributed by atoms with van der Waals surface area (Å²) in [6.45, 7) is 10.1. The Kier molecular flexibility index (Phi) is 5.11. The largest absolute Gasteiger partial charge is 0.394 e. The maximum atomic E-state index is 12.3. The van der Waals surface area contributed by atoms with Crippen LogP contribution >= 0.6 is 0 Å². The summed E-state index contributed by atoms with van der Waals surface area (Å²) >= 11 is 0. The van der Waals surface area contributed by atoms with Crippen molar-refractivity contribution >= 4 is 5.82 Å². The van der Waals surface area contributed by atoms with Crippen molar-refractivity contribution in [3.63, 3.8) is 0 Å². The molecule has 0 radical (unpaired) electrons. The van der Waals surface area contributed by atoms with Crippen LogP contribution in [0.25, 0.3) is 0 Å². The van der Waals surface area contributed by atoms with E-state index in [1.54, 1.807) is 17.0 Å². The zero-order valence-corrected chi connectivity index (χ0v) is 12.5. The normalized spacial score (nSPS) is 13.6. The van der Waals surface area contributed by atoms with Gasteiger partial charge in [0.1, 0.15) is 0 Å². The molecule has 19 heavy (non-hydrogen) atoms. The number of nitrogens with zero attached hydrogens (tertiary/aromatic N) is 2. The third-order valence-electron chi connectivity index (χ3n) is 2.88. The van der Waals surface area contributed by atoms with E-state index < -0.39 is 0 Å². The van der Waals surface area contributed by atoms with Crippen molar-refractivity contribution in [2.75, 3.05) is 11.9 Å². The molecule has 1 aromatic rings. The molecule has 0 spiro atoms. The van der Waals surface area contributed by atoms with E-state index >= 15 is 0 Å². The van der Waals surface area contributed by atoms with Crippen LogP contribution in [0.2, 0.25) is 0 Å². The number of hydrogen-bond acceptors (Lipinski definition) is 4. The summed E-state index contributed by atoms with van der Waals surface area (Å²) in [5, 5.41) is 12.4. The first kappa shape index (κ1) is 15.7. The van der Waals surface area contributed by atoms with Gasteiger partial charge in [-0.05, 0) is 33.1 Å². The summed E-state index contributed by atoms with van der Waals surface area (Å²) in [6, 6.07) is -0.143. The molecule has 0 fully saturated rings. The number of hydrogen-bond donors (Lipinski definition) is 2. The van der Waals surface area contributed by atoms with E-state index in [2.05, 4.69) is 24.1 Å². The minimum absolute atomic E-state index is 0.0102. The fourth-order valence-corrected chi connectivity index (χ4v) is 1.98. The maximum absolute atomic E-state index is 12.3. The number of nitrogens with one attached hydrogen (secondary N) is 1. The van der Waals surface area contributed by atoms with Gasteiger partial charge in [0, 0.05) is 17.9 Å². The van der Waals surface area contributed by atoms with Crippen LogP contribution < -0.4 is 10.9 Å². The van der Waals surface area contributed by atoms with E-state index in [4.69, 9.17) is 0 Å². The molecule has 0 amide bonds. The van der Waals surface area contributed by atoms with Gasteiger partial charge in [0.25, 0.3) is 5.56 Å². The molecule has 1 rings (SSSR count). The third kappa shape index (κ3) is 4.35. The first-order valence-electron chi connectivity index (χ1n) is 6.71. The monoisotopic (exact) mass is 267 g/mol. The van der Waals surface area contributed by atoms with Crippen LogP contribution in [-0.4, -0.2) is 27.3 Å². The van der Waals surface area contributed by atoms with Crippen molar-refractivity contribution < 1.29 is 5.11 Å². The van der Waals surface area contributed by atoms with Crippen molar-refractivity contribution in [2.45, 2.75) is 52.6 Å². The lowest BCUT2D eigenvalue weighted by Gasteiger charge is -2.24.